The number of benzene rings is 3. The second kappa shape index (κ2) is 7.81. The number of fused-ring (bicyclic) bond motifs is 1. The van der Waals surface area contributed by atoms with Gasteiger partial charge in [0.2, 0.25) is 0 Å². The summed E-state index contributed by atoms with van der Waals surface area (Å²) >= 11 is 1.70. The molecule has 0 amide bonds. The van der Waals surface area contributed by atoms with E-state index in [4.69, 9.17) is 4.99 Å². The first-order chi connectivity index (χ1) is 11.9. The molecule has 0 radical (unpaired) electrons. The van der Waals surface area contributed by atoms with Crippen molar-refractivity contribution in [1.29, 1.82) is 0 Å². The molecule has 0 aliphatic carbocycles. The molecule has 0 unspecified atom stereocenters. The molecule has 1 heterocycles. The molecule has 0 saturated heterocycles. The van der Waals surface area contributed by atoms with Crippen molar-refractivity contribution in [2.75, 3.05) is 0 Å². The first-order valence-corrected chi connectivity index (χ1v) is 9.01. The minimum Gasteiger partial charge on any atom is -1.00 e. The molecule has 0 aliphatic heterocycles. The lowest BCUT2D eigenvalue weighted by atomic mass is 10.1. The van der Waals surface area contributed by atoms with E-state index in [1.54, 1.807) is 11.3 Å². The summed E-state index contributed by atoms with van der Waals surface area (Å²) in [5.41, 5.74) is 3.48. The average Bonchev–Trinajstić information content (AvgIpc) is 3.05. The Labute approximate surface area is 161 Å². The van der Waals surface area contributed by atoms with Crippen LogP contribution in [0.5, 0.6) is 0 Å². The van der Waals surface area contributed by atoms with Crippen LogP contribution in [0.4, 0.5) is 5.69 Å². The van der Waals surface area contributed by atoms with Gasteiger partial charge in [-0.15, -0.1) is 11.3 Å². The van der Waals surface area contributed by atoms with Gasteiger partial charge in [0.25, 0.3) is 0 Å². The zero-order chi connectivity index (χ0) is 16.4. The molecule has 1 aromatic heterocycles. The summed E-state index contributed by atoms with van der Waals surface area (Å²) in [6, 6.07) is 25.2. The largest absolute Gasteiger partial charge is 1.00 e. The topological polar surface area (TPSA) is 17.3 Å². The van der Waals surface area contributed by atoms with Crippen molar-refractivity contribution in [3.05, 3.63) is 83.0 Å². The van der Waals surface area contributed by atoms with E-state index in [-0.39, 0.29) is 17.0 Å². The number of rotatable bonds is 3. The molecular formula is C21H18BrN2S-. The van der Waals surface area contributed by atoms with E-state index in [0.717, 1.165) is 17.0 Å². The van der Waals surface area contributed by atoms with Crippen molar-refractivity contribution in [1.82, 2.24) is 4.57 Å². The van der Waals surface area contributed by atoms with Gasteiger partial charge in [-0.2, -0.15) is 0 Å². The molecule has 0 spiro atoms. The Bertz CT molecular complexity index is 1040. The molecule has 0 fully saturated rings. The highest BCUT2D eigenvalue weighted by atomic mass is 79.9. The van der Waals surface area contributed by atoms with Crippen molar-refractivity contribution in [2.24, 2.45) is 4.99 Å². The SMILES string of the molecule is CCn1c(-c2ccccc2)csc1=Nc1cccc2ccccc12.[Br-]. The van der Waals surface area contributed by atoms with Crippen LogP contribution in [0, 0.1) is 0 Å². The molecule has 0 N–H and O–H groups in total. The standard InChI is InChI=1S/C21H18N2S.BrH/c1-2-23-20(17-10-4-3-5-11-17)15-24-21(23)22-19-14-8-12-16-9-6-7-13-18(16)19;/h3-15H,2H2,1H3;1H/p-1. The molecule has 2 nitrogen and oxygen atoms in total. The van der Waals surface area contributed by atoms with Gasteiger partial charge in [0.05, 0.1) is 11.4 Å². The minimum atomic E-state index is 0. The lowest BCUT2D eigenvalue weighted by Gasteiger charge is -2.06. The summed E-state index contributed by atoms with van der Waals surface area (Å²) < 4.78 is 2.28. The number of aromatic nitrogens is 1. The molecule has 4 heteroatoms. The molecule has 0 bridgehead atoms. The first kappa shape index (κ1) is 17.6. The Balaban J connectivity index is 0.00000182. The van der Waals surface area contributed by atoms with Gasteiger partial charge in [0.15, 0.2) is 4.80 Å². The van der Waals surface area contributed by atoms with Crippen LogP contribution in [0.25, 0.3) is 22.0 Å². The number of hydrogen-bond acceptors (Lipinski definition) is 2. The van der Waals surface area contributed by atoms with Gasteiger partial charge in [-0.3, -0.25) is 0 Å². The number of thiazole rings is 1. The van der Waals surface area contributed by atoms with E-state index in [1.807, 2.05) is 6.07 Å². The molecule has 3 aromatic carbocycles. The Morgan fingerprint density at radius 1 is 0.880 bits per heavy atom. The van der Waals surface area contributed by atoms with Crippen molar-refractivity contribution in [2.45, 2.75) is 13.5 Å². The van der Waals surface area contributed by atoms with Gasteiger partial charge in [-0.05, 0) is 23.9 Å². The fourth-order valence-electron chi connectivity index (χ4n) is 2.97. The second-order valence-corrected chi connectivity index (χ2v) is 6.46. The predicted molar refractivity (Wildman–Crippen MR) is 103 cm³/mol. The maximum atomic E-state index is 4.97. The number of nitrogens with zero attached hydrogens (tertiary/aromatic N) is 2. The van der Waals surface area contributed by atoms with Crippen LogP contribution in [0.1, 0.15) is 6.92 Å². The van der Waals surface area contributed by atoms with E-state index >= 15 is 0 Å². The molecule has 0 atom stereocenters. The van der Waals surface area contributed by atoms with Crippen LogP contribution < -0.4 is 21.8 Å². The first-order valence-electron chi connectivity index (χ1n) is 8.13. The van der Waals surface area contributed by atoms with Gasteiger partial charge >= 0.3 is 0 Å². The third kappa shape index (κ3) is 3.46. The van der Waals surface area contributed by atoms with Crippen LogP contribution in [0.3, 0.4) is 0 Å². The van der Waals surface area contributed by atoms with Crippen molar-refractivity contribution in [3.63, 3.8) is 0 Å². The van der Waals surface area contributed by atoms with Crippen molar-refractivity contribution < 1.29 is 17.0 Å². The predicted octanol–water partition coefficient (Wildman–Crippen LogP) is 2.63. The van der Waals surface area contributed by atoms with Gasteiger partial charge in [-0.25, -0.2) is 4.99 Å². The fraction of sp³-hybridized carbons (Fsp3) is 0.0952. The highest BCUT2D eigenvalue weighted by Gasteiger charge is 2.07. The summed E-state index contributed by atoms with van der Waals surface area (Å²) in [5, 5.41) is 4.61. The Hall–Kier alpha value is -2.17. The summed E-state index contributed by atoms with van der Waals surface area (Å²) in [4.78, 5) is 6.00. The highest BCUT2D eigenvalue weighted by molar-refractivity contribution is 7.07. The molecule has 0 aliphatic rings. The van der Waals surface area contributed by atoms with E-state index < -0.39 is 0 Å². The Kier molecular flexibility index (Phi) is 5.51. The third-order valence-corrected chi connectivity index (χ3v) is 5.03. The minimum absolute atomic E-state index is 0. The molecule has 4 aromatic rings. The average molecular weight is 410 g/mol. The lowest BCUT2D eigenvalue weighted by molar-refractivity contribution is -0.00000469. The van der Waals surface area contributed by atoms with Gasteiger partial charge in [0, 0.05) is 17.3 Å². The smallest absolute Gasteiger partial charge is 0.190 e. The summed E-state index contributed by atoms with van der Waals surface area (Å²) in [6.45, 7) is 3.07. The van der Waals surface area contributed by atoms with Crippen LogP contribution in [0.15, 0.2) is 83.2 Å². The second-order valence-electron chi connectivity index (χ2n) is 5.62. The normalized spacial score (nSPS) is 11.5. The van der Waals surface area contributed by atoms with Gasteiger partial charge in [0.1, 0.15) is 0 Å². The quantitative estimate of drug-likeness (QED) is 0.494. The van der Waals surface area contributed by atoms with Crippen LogP contribution in [-0.4, -0.2) is 4.57 Å². The monoisotopic (exact) mass is 409 g/mol. The molecule has 126 valence electrons. The summed E-state index contributed by atoms with van der Waals surface area (Å²) in [5.74, 6) is 0. The highest BCUT2D eigenvalue weighted by Crippen LogP contribution is 2.26. The third-order valence-electron chi connectivity index (χ3n) is 4.17. The van der Waals surface area contributed by atoms with Crippen LogP contribution >= 0.6 is 11.3 Å². The van der Waals surface area contributed by atoms with Crippen LogP contribution in [-0.2, 0) is 6.54 Å². The summed E-state index contributed by atoms with van der Waals surface area (Å²) in [7, 11) is 0. The molecular weight excluding hydrogens is 392 g/mol. The molecule has 25 heavy (non-hydrogen) atoms. The molecule has 4 rings (SSSR count). The van der Waals surface area contributed by atoms with Gasteiger partial charge in [-0.1, -0.05) is 66.7 Å². The lowest BCUT2D eigenvalue weighted by Crippen LogP contribution is -3.00. The van der Waals surface area contributed by atoms with Crippen molar-refractivity contribution in [3.8, 4) is 11.3 Å². The van der Waals surface area contributed by atoms with E-state index in [9.17, 15) is 0 Å². The Morgan fingerprint density at radius 3 is 2.40 bits per heavy atom. The van der Waals surface area contributed by atoms with Crippen molar-refractivity contribution >= 4 is 27.8 Å². The number of hydrogen-bond donors (Lipinski definition) is 0. The van der Waals surface area contributed by atoms with Crippen LogP contribution in [0.2, 0.25) is 0 Å². The fourth-order valence-corrected chi connectivity index (χ4v) is 3.96. The van der Waals surface area contributed by atoms with Gasteiger partial charge < -0.3 is 21.5 Å². The zero-order valence-electron chi connectivity index (χ0n) is 13.9. The van der Waals surface area contributed by atoms with E-state index in [2.05, 4.69) is 83.6 Å². The summed E-state index contributed by atoms with van der Waals surface area (Å²) in [6.07, 6.45) is 0. The molecule has 0 saturated carbocycles. The maximum absolute atomic E-state index is 4.97. The van der Waals surface area contributed by atoms with E-state index in [0.29, 0.717) is 0 Å². The zero-order valence-corrected chi connectivity index (χ0v) is 16.3. The van der Waals surface area contributed by atoms with E-state index in [1.165, 1.54) is 22.0 Å². The maximum Gasteiger partial charge on any atom is 0.190 e. The number of halogens is 1. The Morgan fingerprint density at radius 2 is 1.60 bits per heavy atom.